The normalized spacial score (nSPS) is 29.2. The van der Waals surface area contributed by atoms with Crippen molar-refractivity contribution in [2.24, 2.45) is 0 Å². The van der Waals surface area contributed by atoms with E-state index in [1.54, 1.807) is 0 Å². The van der Waals surface area contributed by atoms with Gasteiger partial charge >= 0.3 is 0 Å². The average Bonchev–Trinajstić information content (AvgIpc) is 2.37. The van der Waals surface area contributed by atoms with Crippen molar-refractivity contribution in [1.29, 1.82) is 0 Å². The number of likely N-dealkylation sites (tertiary alicyclic amines) is 1. The van der Waals surface area contributed by atoms with Crippen LogP contribution in [0.4, 0.5) is 0 Å². The Bertz CT molecular complexity index is 403. The maximum Gasteiger partial charge on any atom is 0.0175 e. The highest BCUT2D eigenvalue weighted by Gasteiger charge is 2.32. The quantitative estimate of drug-likeness (QED) is 0.917. The highest BCUT2D eigenvalue weighted by atomic mass is 79.9. The molecule has 2 nitrogen and oxygen atoms in total. The fourth-order valence-electron chi connectivity index (χ4n) is 3.27. The minimum absolute atomic E-state index is 0.752. The lowest BCUT2D eigenvalue weighted by Crippen LogP contribution is -2.49. The maximum atomic E-state index is 3.85. The fraction of sp³-hybridized carbons (Fsp3) is 0.625. The molecular weight excluding hydrogens is 300 g/mol. The summed E-state index contributed by atoms with van der Waals surface area (Å²) in [7, 11) is 2.23. The van der Waals surface area contributed by atoms with Crippen molar-refractivity contribution >= 4 is 15.9 Å². The van der Waals surface area contributed by atoms with Gasteiger partial charge in [-0.25, -0.2) is 0 Å². The molecule has 104 valence electrons. The topological polar surface area (TPSA) is 15.3 Å². The molecule has 1 heterocycles. The highest BCUT2D eigenvalue weighted by molar-refractivity contribution is 9.10. The molecule has 1 saturated carbocycles. The van der Waals surface area contributed by atoms with Crippen LogP contribution in [-0.2, 0) is 0 Å². The van der Waals surface area contributed by atoms with Crippen molar-refractivity contribution in [2.75, 3.05) is 20.1 Å². The van der Waals surface area contributed by atoms with E-state index in [1.165, 1.54) is 48.8 Å². The van der Waals surface area contributed by atoms with Gasteiger partial charge in [-0.15, -0.1) is 0 Å². The van der Waals surface area contributed by atoms with Crippen molar-refractivity contribution in [1.82, 2.24) is 10.2 Å². The van der Waals surface area contributed by atoms with E-state index in [1.807, 2.05) is 0 Å². The average molecular weight is 323 g/mol. The van der Waals surface area contributed by atoms with E-state index < -0.39 is 0 Å². The molecule has 2 fully saturated rings. The lowest BCUT2D eigenvalue weighted by Gasteiger charge is -2.40. The van der Waals surface area contributed by atoms with E-state index in [9.17, 15) is 0 Å². The van der Waals surface area contributed by atoms with Crippen LogP contribution in [0.5, 0.6) is 0 Å². The van der Waals surface area contributed by atoms with Gasteiger partial charge in [-0.05, 0) is 69.4 Å². The molecule has 0 unspecified atom stereocenters. The van der Waals surface area contributed by atoms with E-state index in [0.717, 1.165) is 18.0 Å². The maximum absolute atomic E-state index is 3.85. The molecule has 3 rings (SSSR count). The van der Waals surface area contributed by atoms with Crippen molar-refractivity contribution in [3.8, 4) is 0 Å². The number of piperidine rings is 1. The number of hydrogen-bond acceptors (Lipinski definition) is 2. The Labute approximate surface area is 124 Å². The first-order chi connectivity index (χ1) is 9.20. The first kappa shape index (κ1) is 13.6. The predicted molar refractivity (Wildman–Crippen MR) is 83.6 cm³/mol. The zero-order chi connectivity index (χ0) is 13.2. The van der Waals surface area contributed by atoms with Crippen LogP contribution in [0.3, 0.4) is 0 Å². The minimum Gasteiger partial charge on any atom is -0.311 e. The lowest BCUT2D eigenvalue weighted by atomic mass is 9.75. The van der Waals surface area contributed by atoms with Gasteiger partial charge in [0.25, 0.3) is 0 Å². The molecule has 0 spiro atoms. The molecule has 2 aliphatic rings. The zero-order valence-electron chi connectivity index (χ0n) is 11.6. The van der Waals surface area contributed by atoms with Gasteiger partial charge in [0, 0.05) is 16.6 Å². The van der Waals surface area contributed by atoms with Gasteiger partial charge < -0.3 is 10.2 Å². The van der Waals surface area contributed by atoms with Crippen LogP contribution < -0.4 is 5.32 Å². The summed E-state index contributed by atoms with van der Waals surface area (Å²) in [5.41, 5.74) is 1.50. The summed E-state index contributed by atoms with van der Waals surface area (Å²) in [4.78, 5) is 2.43. The van der Waals surface area contributed by atoms with Crippen molar-refractivity contribution in [3.05, 3.63) is 34.3 Å². The summed E-state index contributed by atoms with van der Waals surface area (Å²) in [5, 5.41) is 3.85. The van der Waals surface area contributed by atoms with Crippen LogP contribution in [0.1, 0.15) is 37.2 Å². The van der Waals surface area contributed by atoms with Gasteiger partial charge in [-0.1, -0.05) is 28.1 Å². The van der Waals surface area contributed by atoms with Gasteiger partial charge in [0.1, 0.15) is 0 Å². The molecule has 1 N–H and O–H groups in total. The Morgan fingerprint density at radius 3 is 2.32 bits per heavy atom. The molecule has 1 aliphatic carbocycles. The summed E-state index contributed by atoms with van der Waals surface area (Å²) in [6.07, 6.45) is 5.26. The first-order valence-corrected chi connectivity index (χ1v) is 8.20. The van der Waals surface area contributed by atoms with Gasteiger partial charge in [0.2, 0.25) is 0 Å². The van der Waals surface area contributed by atoms with Gasteiger partial charge in [0.15, 0.2) is 0 Å². The van der Waals surface area contributed by atoms with Crippen LogP contribution in [0.2, 0.25) is 0 Å². The number of hydrogen-bond donors (Lipinski definition) is 1. The molecule has 0 radical (unpaired) electrons. The molecule has 0 atom stereocenters. The summed E-state index contributed by atoms with van der Waals surface area (Å²) in [5.74, 6) is 0.775. The number of rotatable bonds is 3. The SMILES string of the molecule is CN1CCC(NC2CC(c3ccc(Br)cc3)C2)CC1. The summed E-state index contributed by atoms with van der Waals surface area (Å²) in [6, 6.07) is 10.4. The number of halogens is 1. The predicted octanol–water partition coefficient (Wildman–Crippen LogP) is 3.38. The number of benzene rings is 1. The second-order valence-corrected chi connectivity index (χ2v) is 7.08. The number of nitrogens with zero attached hydrogens (tertiary/aromatic N) is 1. The van der Waals surface area contributed by atoms with Gasteiger partial charge in [0.05, 0.1) is 0 Å². The Hall–Kier alpha value is -0.380. The summed E-state index contributed by atoms with van der Waals surface area (Å²) >= 11 is 3.50. The third-order valence-corrected chi connectivity index (χ3v) is 5.20. The molecule has 1 aromatic rings. The van der Waals surface area contributed by atoms with Crippen LogP contribution in [0, 0.1) is 0 Å². The third-order valence-electron chi connectivity index (χ3n) is 4.67. The standard InChI is InChI=1S/C16H23BrN2/c1-19-8-6-15(7-9-19)18-16-10-13(11-16)12-2-4-14(17)5-3-12/h2-5,13,15-16,18H,6-11H2,1H3. The molecule has 0 bridgehead atoms. The zero-order valence-corrected chi connectivity index (χ0v) is 13.2. The van der Waals surface area contributed by atoms with Crippen molar-refractivity contribution in [3.63, 3.8) is 0 Å². The molecule has 1 aliphatic heterocycles. The third kappa shape index (κ3) is 3.39. The summed E-state index contributed by atoms with van der Waals surface area (Å²) in [6.45, 7) is 2.50. The van der Waals surface area contributed by atoms with Crippen molar-refractivity contribution in [2.45, 2.75) is 43.7 Å². The second-order valence-electron chi connectivity index (χ2n) is 6.16. The lowest BCUT2D eigenvalue weighted by molar-refractivity contribution is 0.192. The second kappa shape index (κ2) is 5.94. The Kier molecular flexibility index (Phi) is 4.25. The highest BCUT2D eigenvalue weighted by Crippen LogP contribution is 2.37. The first-order valence-electron chi connectivity index (χ1n) is 7.41. The molecule has 3 heteroatoms. The van der Waals surface area contributed by atoms with E-state index in [4.69, 9.17) is 0 Å². The van der Waals surface area contributed by atoms with Gasteiger partial charge in [-0.2, -0.15) is 0 Å². The van der Waals surface area contributed by atoms with Crippen LogP contribution in [-0.4, -0.2) is 37.1 Å². The van der Waals surface area contributed by atoms with E-state index in [0.29, 0.717) is 0 Å². The Morgan fingerprint density at radius 1 is 1.05 bits per heavy atom. The van der Waals surface area contributed by atoms with Crippen LogP contribution >= 0.6 is 15.9 Å². The summed E-state index contributed by atoms with van der Waals surface area (Å²) < 4.78 is 1.18. The molecule has 0 amide bonds. The van der Waals surface area contributed by atoms with E-state index >= 15 is 0 Å². The molecular formula is C16H23BrN2. The Morgan fingerprint density at radius 2 is 1.68 bits per heavy atom. The van der Waals surface area contributed by atoms with Crippen molar-refractivity contribution < 1.29 is 0 Å². The smallest absolute Gasteiger partial charge is 0.0175 e. The van der Waals surface area contributed by atoms with Gasteiger partial charge in [-0.3, -0.25) is 0 Å². The Balaban J connectivity index is 1.44. The molecule has 19 heavy (non-hydrogen) atoms. The molecule has 1 aromatic carbocycles. The van der Waals surface area contributed by atoms with Crippen LogP contribution in [0.15, 0.2) is 28.7 Å². The molecule has 0 aromatic heterocycles. The molecule has 1 saturated heterocycles. The van der Waals surface area contributed by atoms with E-state index in [2.05, 4.69) is 57.5 Å². The van der Waals surface area contributed by atoms with E-state index in [-0.39, 0.29) is 0 Å². The number of nitrogens with one attached hydrogen (secondary N) is 1. The minimum atomic E-state index is 0.752. The van der Waals surface area contributed by atoms with Crippen LogP contribution in [0.25, 0.3) is 0 Å². The largest absolute Gasteiger partial charge is 0.311 e. The fourth-order valence-corrected chi connectivity index (χ4v) is 3.53. The monoisotopic (exact) mass is 322 g/mol.